The zero-order valence-electron chi connectivity index (χ0n) is 17.8. The summed E-state index contributed by atoms with van der Waals surface area (Å²) in [6, 6.07) is 7.18. The summed E-state index contributed by atoms with van der Waals surface area (Å²) in [4.78, 5) is 28.8. The summed E-state index contributed by atoms with van der Waals surface area (Å²) in [7, 11) is 0. The lowest BCUT2D eigenvalue weighted by Crippen LogP contribution is -2.34. The predicted octanol–water partition coefficient (Wildman–Crippen LogP) is 3.64. The standard InChI is InChI=1S/C23H18ClFN8O/c1-13-18-20(27-11-26-13)28-12-29-22(18)31-8-3-6-17(31)21-30-32-9-7-16(24)19(32)23(34)33(21)15-5-2-4-14(25)10-15/h2,4-5,7,9-12,17H,1,3,6,8H2,(H,26,27,28,29). The van der Waals surface area contributed by atoms with E-state index in [2.05, 4.69) is 31.8 Å². The second-order valence-corrected chi connectivity index (χ2v) is 8.47. The number of aromatic nitrogens is 5. The molecule has 2 aliphatic rings. The predicted molar refractivity (Wildman–Crippen MR) is 127 cm³/mol. The largest absolute Gasteiger partial charge is 0.346 e. The van der Waals surface area contributed by atoms with Gasteiger partial charge in [0.2, 0.25) is 0 Å². The number of benzene rings is 1. The highest BCUT2D eigenvalue weighted by Crippen LogP contribution is 2.40. The van der Waals surface area contributed by atoms with Gasteiger partial charge in [-0.1, -0.05) is 24.2 Å². The van der Waals surface area contributed by atoms with Crippen molar-refractivity contribution in [2.75, 3.05) is 11.4 Å². The van der Waals surface area contributed by atoms with Crippen LogP contribution in [-0.2, 0) is 0 Å². The molecule has 0 spiro atoms. The third kappa shape index (κ3) is 3.10. The molecule has 0 bridgehead atoms. The van der Waals surface area contributed by atoms with E-state index in [0.29, 0.717) is 47.4 Å². The number of rotatable bonds is 3. The molecule has 0 aliphatic carbocycles. The first-order chi connectivity index (χ1) is 16.5. The Labute approximate surface area is 197 Å². The van der Waals surface area contributed by atoms with E-state index in [9.17, 15) is 9.18 Å². The van der Waals surface area contributed by atoms with Crippen molar-refractivity contribution in [3.05, 3.63) is 82.0 Å². The van der Waals surface area contributed by atoms with Crippen LogP contribution >= 0.6 is 11.6 Å². The quantitative estimate of drug-likeness (QED) is 0.485. The van der Waals surface area contributed by atoms with Crippen LogP contribution < -0.4 is 15.8 Å². The Morgan fingerprint density at radius 3 is 2.97 bits per heavy atom. The number of nitrogens with one attached hydrogen (secondary N) is 1. The first kappa shape index (κ1) is 20.5. The molecule has 5 heterocycles. The third-order valence-corrected chi connectivity index (χ3v) is 6.39. The molecule has 1 atom stereocenters. The maximum Gasteiger partial charge on any atom is 0.284 e. The Morgan fingerprint density at radius 2 is 2.12 bits per heavy atom. The summed E-state index contributed by atoms with van der Waals surface area (Å²) in [5, 5.41) is 8.06. The highest BCUT2D eigenvalue weighted by atomic mass is 35.5. The van der Waals surface area contributed by atoms with Crippen LogP contribution in [0.25, 0.3) is 16.9 Å². The fourth-order valence-corrected chi connectivity index (χ4v) is 4.84. The number of halogens is 2. The zero-order valence-corrected chi connectivity index (χ0v) is 18.6. The fraction of sp³-hybridized carbons (Fsp3) is 0.174. The van der Waals surface area contributed by atoms with E-state index >= 15 is 0 Å². The van der Waals surface area contributed by atoms with Crippen LogP contribution in [0.4, 0.5) is 16.0 Å². The minimum Gasteiger partial charge on any atom is -0.346 e. The summed E-state index contributed by atoms with van der Waals surface area (Å²) in [5.74, 6) is 1.17. The molecule has 1 N–H and O–H groups in total. The minimum absolute atomic E-state index is 0.227. The van der Waals surface area contributed by atoms with Gasteiger partial charge in [-0.25, -0.2) is 23.9 Å². The lowest BCUT2D eigenvalue weighted by molar-refractivity contribution is 0.595. The van der Waals surface area contributed by atoms with Crippen LogP contribution in [0.5, 0.6) is 0 Å². The molecule has 11 heteroatoms. The molecule has 1 aromatic carbocycles. The van der Waals surface area contributed by atoms with Gasteiger partial charge in [0.05, 0.1) is 28.7 Å². The van der Waals surface area contributed by atoms with Gasteiger partial charge >= 0.3 is 0 Å². The van der Waals surface area contributed by atoms with Crippen molar-refractivity contribution < 1.29 is 4.39 Å². The number of aliphatic imine (C=N–C) groups is 1. The van der Waals surface area contributed by atoms with Gasteiger partial charge in [0.15, 0.2) is 11.6 Å². The molecule has 1 saturated heterocycles. The van der Waals surface area contributed by atoms with E-state index in [-0.39, 0.29) is 22.1 Å². The molecule has 4 aromatic rings. The monoisotopic (exact) mass is 476 g/mol. The lowest BCUT2D eigenvalue weighted by atomic mass is 10.1. The van der Waals surface area contributed by atoms with Crippen molar-refractivity contribution in [2.24, 2.45) is 4.99 Å². The molecule has 170 valence electrons. The van der Waals surface area contributed by atoms with Crippen molar-refractivity contribution in [2.45, 2.75) is 18.9 Å². The lowest BCUT2D eigenvalue weighted by Gasteiger charge is -2.29. The van der Waals surface area contributed by atoms with Crippen molar-refractivity contribution in [3.63, 3.8) is 0 Å². The Balaban J connectivity index is 1.59. The van der Waals surface area contributed by atoms with Crippen LogP contribution in [0.1, 0.15) is 30.3 Å². The van der Waals surface area contributed by atoms with Crippen LogP contribution in [0.2, 0.25) is 5.02 Å². The molecule has 1 fully saturated rings. The Bertz CT molecular complexity index is 1560. The number of hydrogen-bond donors (Lipinski definition) is 1. The van der Waals surface area contributed by atoms with Gasteiger partial charge in [-0.15, -0.1) is 0 Å². The SMILES string of the molecule is C=C1NC=Nc2ncnc(N3CCCC3c3nn4ccc(Cl)c4c(=O)n3-c3cccc(F)c3)c21. The maximum atomic E-state index is 14.2. The van der Waals surface area contributed by atoms with Crippen molar-refractivity contribution >= 4 is 40.8 Å². The van der Waals surface area contributed by atoms with Gasteiger partial charge in [0.1, 0.15) is 23.5 Å². The average Bonchev–Trinajstić information content (AvgIpc) is 3.46. The maximum absolute atomic E-state index is 14.2. The molecule has 6 rings (SSSR count). The van der Waals surface area contributed by atoms with Gasteiger partial charge in [-0.05, 0) is 37.1 Å². The number of fused-ring (bicyclic) bond motifs is 2. The molecule has 1 unspecified atom stereocenters. The van der Waals surface area contributed by atoms with E-state index in [1.807, 2.05) is 0 Å². The van der Waals surface area contributed by atoms with E-state index in [0.717, 1.165) is 6.42 Å². The number of nitrogens with zero attached hydrogens (tertiary/aromatic N) is 7. The topological polar surface area (TPSA) is 92.7 Å². The molecule has 2 aliphatic heterocycles. The smallest absolute Gasteiger partial charge is 0.284 e. The van der Waals surface area contributed by atoms with Crippen molar-refractivity contribution in [1.82, 2.24) is 29.5 Å². The highest BCUT2D eigenvalue weighted by Gasteiger charge is 2.35. The molecule has 0 amide bonds. The van der Waals surface area contributed by atoms with Gasteiger partial charge < -0.3 is 10.2 Å². The summed E-state index contributed by atoms with van der Waals surface area (Å²) < 4.78 is 17.1. The van der Waals surface area contributed by atoms with Crippen LogP contribution in [0.15, 0.2) is 59.2 Å². The van der Waals surface area contributed by atoms with Crippen molar-refractivity contribution in [1.29, 1.82) is 0 Å². The van der Waals surface area contributed by atoms with Crippen LogP contribution in [0, 0.1) is 5.82 Å². The molecular formula is C23H18ClFN8O. The highest BCUT2D eigenvalue weighted by molar-refractivity contribution is 6.33. The van der Waals surface area contributed by atoms with Gasteiger partial charge in [-0.3, -0.25) is 9.36 Å². The number of hydrogen-bond acceptors (Lipinski definition) is 7. The Hall–Kier alpha value is -4.05. The molecule has 9 nitrogen and oxygen atoms in total. The van der Waals surface area contributed by atoms with Gasteiger partial charge in [0, 0.05) is 18.4 Å². The van der Waals surface area contributed by atoms with E-state index < -0.39 is 5.82 Å². The normalized spacial score (nSPS) is 17.3. The number of anilines is 1. The molecular weight excluding hydrogens is 459 g/mol. The molecule has 0 radical (unpaired) electrons. The third-order valence-electron chi connectivity index (χ3n) is 6.09. The van der Waals surface area contributed by atoms with E-state index in [4.69, 9.17) is 16.7 Å². The fourth-order valence-electron chi connectivity index (χ4n) is 4.61. The first-order valence-corrected chi connectivity index (χ1v) is 11.1. The molecule has 3 aromatic heterocycles. The second-order valence-electron chi connectivity index (χ2n) is 8.06. The van der Waals surface area contributed by atoms with E-state index in [1.54, 1.807) is 24.4 Å². The second kappa shape index (κ2) is 7.77. The van der Waals surface area contributed by atoms with Crippen LogP contribution in [0.3, 0.4) is 0 Å². The first-order valence-electron chi connectivity index (χ1n) is 10.7. The summed E-state index contributed by atoms with van der Waals surface area (Å²) >= 11 is 6.29. The van der Waals surface area contributed by atoms with Crippen molar-refractivity contribution in [3.8, 4) is 5.69 Å². The molecule has 34 heavy (non-hydrogen) atoms. The minimum atomic E-state index is -0.454. The Kier molecular flexibility index (Phi) is 4.70. The van der Waals surface area contributed by atoms with Crippen LogP contribution in [-0.4, -0.2) is 37.0 Å². The molecule has 0 saturated carbocycles. The van der Waals surface area contributed by atoms with Gasteiger partial charge in [0.25, 0.3) is 5.56 Å². The van der Waals surface area contributed by atoms with Gasteiger partial charge in [-0.2, -0.15) is 5.10 Å². The van der Waals surface area contributed by atoms with E-state index in [1.165, 1.54) is 33.9 Å². The Morgan fingerprint density at radius 1 is 1.24 bits per heavy atom. The average molecular weight is 477 g/mol. The summed E-state index contributed by atoms with van der Waals surface area (Å²) in [5.41, 5.74) is 1.55. The zero-order chi connectivity index (χ0) is 23.4. The summed E-state index contributed by atoms with van der Waals surface area (Å²) in [6.45, 7) is 4.75. The summed E-state index contributed by atoms with van der Waals surface area (Å²) in [6.07, 6.45) is 6.20.